The van der Waals surface area contributed by atoms with Crippen LogP contribution in [0.5, 0.6) is 0 Å². The summed E-state index contributed by atoms with van der Waals surface area (Å²) in [7, 11) is 0. The maximum absolute atomic E-state index is 11.9. The molecule has 0 unspecified atom stereocenters. The van der Waals surface area contributed by atoms with Crippen LogP contribution in [-0.4, -0.2) is 23.4 Å². The number of aryl methyl sites for hydroxylation is 1. The van der Waals surface area contributed by atoms with E-state index in [0.717, 1.165) is 34.7 Å². The molecule has 4 heteroatoms. The van der Waals surface area contributed by atoms with Gasteiger partial charge in [0.2, 0.25) is 0 Å². The lowest BCUT2D eigenvalue weighted by molar-refractivity contribution is 0.0526. The normalized spacial score (nSPS) is 12.3. The van der Waals surface area contributed by atoms with Crippen molar-refractivity contribution in [2.45, 2.75) is 47.0 Å². The first kappa shape index (κ1) is 21.6. The van der Waals surface area contributed by atoms with Crippen LogP contribution in [0.15, 0.2) is 59.6 Å². The van der Waals surface area contributed by atoms with Crippen LogP contribution in [0.3, 0.4) is 0 Å². The van der Waals surface area contributed by atoms with E-state index >= 15 is 0 Å². The second-order valence-electron chi connectivity index (χ2n) is 7.59. The van der Waals surface area contributed by atoms with Crippen molar-refractivity contribution in [2.75, 3.05) is 6.61 Å². The van der Waals surface area contributed by atoms with Gasteiger partial charge in [0.05, 0.1) is 17.9 Å². The predicted octanol–water partition coefficient (Wildman–Crippen LogP) is 6.53. The van der Waals surface area contributed by atoms with Crippen LogP contribution >= 0.6 is 0 Å². The number of aromatic nitrogens is 1. The first-order chi connectivity index (χ1) is 14.4. The second kappa shape index (κ2) is 9.57. The van der Waals surface area contributed by atoms with Gasteiger partial charge in [0.25, 0.3) is 0 Å². The number of aliphatic imine (C=N–C) groups is 1. The lowest BCUT2D eigenvalue weighted by Crippen LogP contribution is -2.05. The molecule has 0 bridgehead atoms. The van der Waals surface area contributed by atoms with Crippen molar-refractivity contribution in [2.24, 2.45) is 4.99 Å². The molecule has 0 saturated heterocycles. The molecule has 1 aromatic heterocycles. The first-order valence-electron chi connectivity index (χ1n) is 10.5. The number of nitrogens with zero attached hydrogens (tertiary/aromatic N) is 2. The number of benzene rings is 2. The molecule has 0 N–H and O–H groups in total. The lowest BCUT2D eigenvalue weighted by Gasteiger charge is -2.10. The van der Waals surface area contributed by atoms with Gasteiger partial charge in [-0.3, -0.25) is 4.99 Å². The highest BCUT2D eigenvalue weighted by atomic mass is 16.5. The number of ether oxygens (including phenoxy) is 1. The van der Waals surface area contributed by atoms with Crippen molar-refractivity contribution in [3.8, 4) is 5.69 Å². The highest BCUT2D eigenvalue weighted by molar-refractivity contribution is 5.89. The molecule has 4 nitrogen and oxygen atoms in total. The van der Waals surface area contributed by atoms with Gasteiger partial charge in [-0.2, -0.15) is 0 Å². The summed E-state index contributed by atoms with van der Waals surface area (Å²) < 4.78 is 7.23. The topological polar surface area (TPSA) is 43.6 Å². The maximum Gasteiger partial charge on any atom is 0.338 e. The van der Waals surface area contributed by atoms with Gasteiger partial charge >= 0.3 is 5.97 Å². The fourth-order valence-electron chi connectivity index (χ4n) is 3.55. The van der Waals surface area contributed by atoms with Gasteiger partial charge in [-0.25, -0.2) is 4.79 Å². The molecule has 0 spiro atoms. The number of rotatable bonds is 7. The minimum Gasteiger partial charge on any atom is -0.462 e. The molecule has 0 aliphatic carbocycles. The van der Waals surface area contributed by atoms with E-state index in [2.05, 4.69) is 67.6 Å². The Hall–Kier alpha value is -3.14. The summed E-state index contributed by atoms with van der Waals surface area (Å²) >= 11 is 0. The molecule has 3 aromatic rings. The van der Waals surface area contributed by atoms with E-state index in [4.69, 9.17) is 4.74 Å². The Morgan fingerprint density at radius 1 is 1.07 bits per heavy atom. The zero-order valence-electron chi connectivity index (χ0n) is 18.5. The van der Waals surface area contributed by atoms with Crippen LogP contribution in [0.25, 0.3) is 5.69 Å². The molecule has 0 saturated carbocycles. The molecule has 0 amide bonds. The van der Waals surface area contributed by atoms with E-state index in [1.54, 1.807) is 12.1 Å². The van der Waals surface area contributed by atoms with Gasteiger partial charge in [-0.1, -0.05) is 26.0 Å². The summed E-state index contributed by atoms with van der Waals surface area (Å²) in [5, 5.41) is 0. The van der Waals surface area contributed by atoms with Crippen LogP contribution in [0.1, 0.15) is 66.0 Å². The molecule has 30 heavy (non-hydrogen) atoms. The summed E-state index contributed by atoms with van der Waals surface area (Å²) in [6.07, 6.45) is 3.06. The Morgan fingerprint density at radius 3 is 2.33 bits per heavy atom. The number of esters is 1. The standard InChI is InChI=1S/C26H30N2O2/c1-6-18(3)21-8-12-24(13-9-21)27-17-23-16-19(4)28(20(23)5)25-14-10-22(11-15-25)26(29)30-7-2/h8-18H,6-7H2,1-5H3/t18-/m1/s1. The third-order valence-corrected chi connectivity index (χ3v) is 5.53. The minimum absolute atomic E-state index is 0.294. The lowest BCUT2D eigenvalue weighted by atomic mass is 9.99. The fourth-order valence-corrected chi connectivity index (χ4v) is 3.55. The predicted molar refractivity (Wildman–Crippen MR) is 124 cm³/mol. The number of carbonyl (C=O) groups excluding carboxylic acids is 1. The van der Waals surface area contributed by atoms with Crippen molar-refractivity contribution in [1.29, 1.82) is 0 Å². The van der Waals surface area contributed by atoms with E-state index in [1.807, 2.05) is 25.3 Å². The van der Waals surface area contributed by atoms with Gasteiger partial charge in [-0.15, -0.1) is 0 Å². The highest BCUT2D eigenvalue weighted by Crippen LogP contribution is 2.23. The molecule has 1 atom stereocenters. The number of hydrogen-bond donors (Lipinski definition) is 0. The molecule has 0 radical (unpaired) electrons. The Bertz CT molecular complexity index is 1030. The van der Waals surface area contributed by atoms with E-state index in [9.17, 15) is 4.79 Å². The zero-order valence-corrected chi connectivity index (χ0v) is 18.5. The Labute approximate surface area is 179 Å². The SMILES string of the molecule is CCOC(=O)c1ccc(-n2c(C)cc(C=Nc3ccc([C@H](C)CC)cc3)c2C)cc1. The summed E-state index contributed by atoms with van der Waals surface area (Å²) in [4.78, 5) is 16.5. The fraction of sp³-hybridized carbons (Fsp3) is 0.308. The monoisotopic (exact) mass is 402 g/mol. The van der Waals surface area contributed by atoms with E-state index in [-0.39, 0.29) is 5.97 Å². The van der Waals surface area contributed by atoms with E-state index < -0.39 is 0 Å². The number of carbonyl (C=O) groups is 1. The van der Waals surface area contributed by atoms with E-state index in [1.165, 1.54) is 5.56 Å². The Balaban J connectivity index is 1.82. The molecule has 0 aliphatic rings. The zero-order chi connectivity index (χ0) is 21.7. The first-order valence-corrected chi connectivity index (χ1v) is 10.5. The average molecular weight is 403 g/mol. The quantitative estimate of drug-likeness (QED) is 0.333. The third kappa shape index (κ3) is 4.70. The average Bonchev–Trinajstić information content (AvgIpc) is 3.05. The van der Waals surface area contributed by atoms with Crippen molar-refractivity contribution in [1.82, 2.24) is 4.57 Å². The molecular weight excluding hydrogens is 372 g/mol. The summed E-state index contributed by atoms with van der Waals surface area (Å²) in [5.41, 5.74) is 7.17. The Kier molecular flexibility index (Phi) is 6.88. The van der Waals surface area contributed by atoms with Crippen molar-refractivity contribution in [3.05, 3.63) is 82.7 Å². The van der Waals surface area contributed by atoms with Crippen molar-refractivity contribution in [3.63, 3.8) is 0 Å². The molecule has 3 rings (SSSR count). The molecule has 0 fully saturated rings. The molecule has 156 valence electrons. The van der Waals surface area contributed by atoms with Crippen LogP contribution < -0.4 is 0 Å². The van der Waals surface area contributed by atoms with E-state index in [0.29, 0.717) is 18.1 Å². The third-order valence-electron chi connectivity index (χ3n) is 5.53. The second-order valence-corrected chi connectivity index (χ2v) is 7.59. The van der Waals surface area contributed by atoms with Crippen LogP contribution in [0.4, 0.5) is 5.69 Å². The van der Waals surface area contributed by atoms with Gasteiger partial charge in [0.15, 0.2) is 0 Å². The van der Waals surface area contributed by atoms with Crippen molar-refractivity contribution < 1.29 is 9.53 Å². The molecular formula is C26H30N2O2. The summed E-state index contributed by atoms with van der Waals surface area (Å²) in [6.45, 7) is 10.8. The summed E-state index contributed by atoms with van der Waals surface area (Å²) in [5.74, 6) is 0.273. The minimum atomic E-state index is -0.294. The summed E-state index contributed by atoms with van der Waals surface area (Å²) in [6, 6.07) is 18.1. The molecule has 0 aliphatic heterocycles. The number of hydrogen-bond acceptors (Lipinski definition) is 3. The highest BCUT2D eigenvalue weighted by Gasteiger charge is 2.11. The Morgan fingerprint density at radius 2 is 1.73 bits per heavy atom. The van der Waals surface area contributed by atoms with Gasteiger partial charge in [0, 0.05) is 28.9 Å². The molecule has 2 aromatic carbocycles. The van der Waals surface area contributed by atoms with Crippen LogP contribution in [0, 0.1) is 13.8 Å². The van der Waals surface area contributed by atoms with Crippen LogP contribution in [-0.2, 0) is 4.74 Å². The largest absolute Gasteiger partial charge is 0.462 e. The van der Waals surface area contributed by atoms with Gasteiger partial charge in [0.1, 0.15) is 0 Å². The van der Waals surface area contributed by atoms with Crippen molar-refractivity contribution >= 4 is 17.9 Å². The maximum atomic E-state index is 11.9. The smallest absolute Gasteiger partial charge is 0.338 e. The molecule has 1 heterocycles. The van der Waals surface area contributed by atoms with Crippen LogP contribution in [0.2, 0.25) is 0 Å². The van der Waals surface area contributed by atoms with Gasteiger partial charge in [-0.05, 0) is 81.1 Å². The van der Waals surface area contributed by atoms with Gasteiger partial charge < -0.3 is 9.30 Å².